The van der Waals surface area contributed by atoms with Crippen molar-refractivity contribution >= 4 is 17.3 Å². The van der Waals surface area contributed by atoms with Crippen LogP contribution in [0.5, 0.6) is 11.5 Å². The van der Waals surface area contributed by atoms with Crippen LogP contribution in [-0.4, -0.2) is 27.1 Å². The van der Waals surface area contributed by atoms with E-state index in [0.29, 0.717) is 16.7 Å². The van der Waals surface area contributed by atoms with Crippen molar-refractivity contribution in [3.8, 4) is 11.5 Å². The third-order valence-corrected chi connectivity index (χ3v) is 4.24. The average molecular weight is 310 g/mol. The number of aromatic carboxylic acids is 1. The molecule has 116 valence electrons. The van der Waals surface area contributed by atoms with E-state index in [1.54, 1.807) is 19.9 Å². The van der Waals surface area contributed by atoms with E-state index >= 15 is 0 Å². The van der Waals surface area contributed by atoms with E-state index in [-0.39, 0.29) is 33.8 Å². The minimum absolute atomic E-state index is 0.115. The molecule has 0 fully saturated rings. The predicted molar refractivity (Wildman–Crippen MR) is 84.2 cm³/mol. The van der Waals surface area contributed by atoms with Gasteiger partial charge in [-0.15, -0.1) is 0 Å². The number of carboxylic acids is 1. The lowest BCUT2D eigenvalue weighted by Crippen LogP contribution is -2.18. The number of hydrogen-bond acceptors (Lipinski definition) is 4. The number of benzene rings is 2. The molecule has 0 atom stereocenters. The fourth-order valence-electron chi connectivity index (χ4n) is 3.11. The fraction of sp³-hybridized carbons (Fsp3) is 0.111. The summed E-state index contributed by atoms with van der Waals surface area (Å²) in [5.41, 5.74) is 2.35. The van der Waals surface area contributed by atoms with E-state index in [9.17, 15) is 24.9 Å². The summed E-state index contributed by atoms with van der Waals surface area (Å²) >= 11 is 0. The number of phenols is 2. The maximum Gasteiger partial charge on any atom is 0.339 e. The van der Waals surface area contributed by atoms with Crippen LogP contribution in [0.3, 0.4) is 0 Å². The molecule has 3 rings (SSSR count). The quantitative estimate of drug-likeness (QED) is 0.642. The molecule has 0 amide bonds. The Kier molecular flexibility index (Phi) is 3.04. The zero-order chi connectivity index (χ0) is 17.0. The number of aryl methyl sites for hydroxylation is 1. The third kappa shape index (κ3) is 1.86. The van der Waals surface area contributed by atoms with Crippen LogP contribution in [0.1, 0.15) is 48.5 Å². The predicted octanol–water partition coefficient (Wildman–Crippen LogP) is 3.02. The van der Waals surface area contributed by atoms with E-state index < -0.39 is 11.8 Å². The van der Waals surface area contributed by atoms with Crippen LogP contribution in [0.25, 0.3) is 5.57 Å². The maximum atomic E-state index is 12.8. The van der Waals surface area contributed by atoms with Gasteiger partial charge in [-0.1, -0.05) is 12.6 Å². The van der Waals surface area contributed by atoms with E-state index in [1.165, 1.54) is 6.07 Å². The molecule has 0 saturated heterocycles. The van der Waals surface area contributed by atoms with Crippen molar-refractivity contribution < 1.29 is 24.9 Å². The molecule has 0 aromatic heterocycles. The number of phenolic OH excluding ortho intramolecular Hbond substituents is 1. The van der Waals surface area contributed by atoms with Gasteiger partial charge in [0.2, 0.25) is 0 Å². The average Bonchev–Trinajstić information content (AvgIpc) is 2.49. The molecule has 2 aromatic carbocycles. The highest BCUT2D eigenvalue weighted by Gasteiger charge is 2.33. The van der Waals surface area contributed by atoms with Gasteiger partial charge in [-0.25, -0.2) is 4.79 Å². The minimum Gasteiger partial charge on any atom is -0.507 e. The Balaban J connectivity index is 2.43. The molecule has 0 aliphatic heterocycles. The van der Waals surface area contributed by atoms with Crippen molar-refractivity contribution in [3.05, 3.63) is 63.7 Å². The summed E-state index contributed by atoms with van der Waals surface area (Å²) in [6, 6.07) is 4.24. The number of rotatable bonds is 1. The molecule has 0 heterocycles. The molecule has 3 N–H and O–H groups in total. The van der Waals surface area contributed by atoms with Gasteiger partial charge in [-0.3, -0.25) is 4.79 Å². The van der Waals surface area contributed by atoms with E-state index in [1.807, 2.05) is 0 Å². The second kappa shape index (κ2) is 4.71. The Labute approximate surface area is 132 Å². The molecule has 0 saturated carbocycles. The largest absolute Gasteiger partial charge is 0.507 e. The van der Waals surface area contributed by atoms with Gasteiger partial charge in [-0.05, 0) is 48.2 Å². The summed E-state index contributed by atoms with van der Waals surface area (Å²) in [6.45, 7) is 7.33. The number of carbonyl (C=O) groups excluding carboxylic acids is 1. The molecule has 5 heteroatoms. The number of hydrogen-bond donors (Lipinski definition) is 3. The fourth-order valence-corrected chi connectivity index (χ4v) is 3.11. The zero-order valence-corrected chi connectivity index (χ0v) is 12.6. The molecular formula is C18H14O5. The van der Waals surface area contributed by atoms with Crippen molar-refractivity contribution in [1.82, 2.24) is 0 Å². The Morgan fingerprint density at radius 1 is 1.09 bits per heavy atom. The SMILES string of the molecule is C=C1c2c(cc(C(=O)O)c(O)c2C)C(=O)c2c(O)ccc(C)c21. The maximum absolute atomic E-state index is 12.8. The van der Waals surface area contributed by atoms with Crippen LogP contribution >= 0.6 is 0 Å². The van der Waals surface area contributed by atoms with Gasteiger partial charge in [0.05, 0.1) is 5.56 Å². The molecule has 1 aliphatic carbocycles. The summed E-state index contributed by atoms with van der Waals surface area (Å²) in [5, 5.41) is 29.4. The number of fused-ring (bicyclic) bond motifs is 2. The molecule has 0 unspecified atom stereocenters. The molecule has 5 nitrogen and oxygen atoms in total. The van der Waals surface area contributed by atoms with Crippen LogP contribution in [0, 0.1) is 13.8 Å². The number of aromatic hydroxyl groups is 2. The molecule has 23 heavy (non-hydrogen) atoms. The lowest BCUT2D eigenvalue weighted by molar-refractivity contribution is 0.0693. The van der Waals surface area contributed by atoms with Crippen molar-refractivity contribution in [1.29, 1.82) is 0 Å². The normalized spacial score (nSPS) is 12.8. The zero-order valence-electron chi connectivity index (χ0n) is 12.6. The van der Waals surface area contributed by atoms with Crippen molar-refractivity contribution in [2.75, 3.05) is 0 Å². The molecule has 2 aromatic rings. The summed E-state index contributed by atoms with van der Waals surface area (Å²) < 4.78 is 0. The molecule has 0 bridgehead atoms. The first-order chi connectivity index (χ1) is 10.8. The van der Waals surface area contributed by atoms with Crippen LogP contribution in [0.4, 0.5) is 0 Å². The topological polar surface area (TPSA) is 94.8 Å². The summed E-state index contributed by atoms with van der Waals surface area (Å²) in [5.74, 6) is -2.36. The standard InChI is InChI=1S/C18H14O5/c1-7-4-5-12(19)15-13(7)8(2)14-9(3)16(20)11(18(22)23)6-10(14)17(15)21/h4-6,19-20H,2H2,1,3H3,(H,22,23). The Bertz CT molecular complexity index is 922. The second-order valence-electron chi connectivity index (χ2n) is 5.58. The van der Waals surface area contributed by atoms with E-state index in [2.05, 4.69) is 6.58 Å². The number of ketones is 1. The van der Waals surface area contributed by atoms with Crippen LogP contribution < -0.4 is 0 Å². The van der Waals surface area contributed by atoms with Gasteiger partial charge < -0.3 is 15.3 Å². The second-order valence-corrected chi connectivity index (χ2v) is 5.58. The monoisotopic (exact) mass is 310 g/mol. The first-order valence-electron chi connectivity index (χ1n) is 6.92. The van der Waals surface area contributed by atoms with Gasteiger partial charge >= 0.3 is 5.97 Å². The van der Waals surface area contributed by atoms with Gasteiger partial charge in [-0.2, -0.15) is 0 Å². The molecule has 0 spiro atoms. The minimum atomic E-state index is -1.33. The van der Waals surface area contributed by atoms with Crippen molar-refractivity contribution in [2.24, 2.45) is 0 Å². The Morgan fingerprint density at radius 2 is 1.74 bits per heavy atom. The van der Waals surface area contributed by atoms with Crippen LogP contribution in [-0.2, 0) is 0 Å². The number of carboxylic acid groups (broad SMARTS) is 1. The lowest BCUT2D eigenvalue weighted by atomic mass is 9.77. The number of carbonyl (C=O) groups is 2. The highest BCUT2D eigenvalue weighted by molar-refractivity contribution is 6.21. The highest BCUT2D eigenvalue weighted by Crippen LogP contribution is 2.44. The molecule has 0 radical (unpaired) electrons. The Morgan fingerprint density at radius 3 is 2.35 bits per heavy atom. The molecular weight excluding hydrogens is 296 g/mol. The van der Waals surface area contributed by atoms with Crippen LogP contribution in [0.15, 0.2) is 24.8 Å². The summed E-state index contributed by atoms with van der Waals surface area (Å²) in [4.78, 5) is 24.1. The third-order valence-electron chi connectivity index (χ3n) is 4.24. The Hall–Kier alpha value is -3.08. The van der Waals surface area contributed by atoms with E-state index in [0.717, 1.165) is 11.6 Å². The lowest BCUT2D eigenvalue weighted by Gasteiger charge is -2.25. The van der Waals surface area contributed by atoms with Crippen molar-refractivity contribution in [2.45, 2.75) is 13.8 Å². The molecule has 1 aliphatic rings. The smallest absolute Gasteiger partial charge is 0.339 e. The van der Waals surface area contributed by atoms with Gasteiger partial charge in [0, 0.05) is 11.1 Å². The summed E-state index contributed by atoms with van der Waals surface area (Å²) in [6.07, 6.45) is 0. The highest BCUT2D eigenvalue weighted by atomic mass is 16.4. The first-order valence-corrected chi connectivity index (χ1v) is 6.92. The van der Waals surface area contributed by atoms with Crippen molar-refractivity contribution in [3.63, 3.8) is 0 Å². The van der Waals surface area contributed by atoms with Gasteiger partial charge in [0.1, 0.15) is 17.1 Å². The first kappa shape index (κ1) is 14.8. The van der Waals surface area contributed by atoms with Crippen LogP contribution in [0.2, 0.25) is 0 Å². The van der Waals surface area contributed by atoms with Gasteiger partial charge in [0.25, 0.3) is 0 Å². The van der Waals surface area contributed by atoms with E-state index in [4.69, 9.17) is 0 Å². The summed E-state index contributed by atoms with van der Waals surface area (Å²) in [7, 11) is 0. The van der Waals surface area contributed by atoms with Gasteiger partial charge in [0.15, 0.2) is 5.78 Å².